The van der Waals surface area contributed by atoms with E-state index in [1.165, 1.54) is 6.42 Å². The molecular weight excluding hydrogens is 264 g/mol. The lowest BCUT2D eigenvalue weighted by Crippen LogP contribution is -2.40. The van der Waals surface area contributed by atoms with Crippen LogP contribution in [0.3, 0.4) is 0 Å². The third-order valence-electron chi connectivity index (χ3n) is 4.23. The van der Waals surface area contributed by atoms with Crippen molar-refractivity contribution in [2.75, 3.05) is 0 Å². The summed E-state index contributed by atoms with van der Waals surface area (Å²) in [7, 11) is 0. The fraction of sp³-hybridized carbons (Fsp3) is 0.412. The molecule has 2 aromatic heterocycles. The number of carbonyl (C=O) groups excluding carboxylic acids is 2. The van der Waals surface area contributed by atoms with Gasteiger partial charge in [-0.3, -0.25) is 9.59 Å². The van der Waals surface area contributed by atoms with Crippen molar-refractivity contribution < 1.29 is 9.59 Å². The topological polar surface area (TPSA) is 50.6 Å². The van der Waals surface area contributed by atoms with Gasteiger partial charge in [-0.25, -0.2) is 0 Å². The van der Waals surface area contributed by atoms with Crippen LogP contribution in [0.25, 0.3) is 5.52 Å². The second kappa shape index (κ2) is 5.72. The quantitative estimate of drug-likeness (QED) is 0.696. The van der Waals surface area contributed by atoms with E-state index in [0.29, 0.717) is 5.69 Å². The molecule has 21 heavy (non-hydrogen) atoms. The van der Waals surface area contributed by atoms with Gasteiger partial charge < -0.3 is 9.72 Å². The number of carbonyl (C=O) groups is 2. The lowest BCUT2D eigenvalue weighted by atomic mass is 9.95. The van der Waals surface area contributed by atoms with E-state index in [2.05, 4.69) is 5.32 Å². The SMILES string of the molecule is Cc1cc2ccccn2c1C(=O)C(=O)NC1CCCCC1. The summed E-state index contributed by atoms with van der Waals surface area (Å²) in [5.74, 6) is -0.918. The number of nitrogens with zero attached hydrogens (tertiary/aromatic N) is 1. The van der Waals surface area contributed by atoms with E-state index in [4.69, 9.17) is 0 Å². The molecule has 0 unspecified atom stereocenters. The first kappa shape index (κ1) is 13.9. The molecular formula is C17H20N2O2. The molecule has 0 bridgehead atoms. The summed E-state index contributed by atoms with van der Waals surface area (Å²) in [5, 5.41) is 2.90. The number of Topliss-reactive ketones (excluding diaryl/α,β-unsaturated/α-hetero) is 1. The summed E-state index contributed by atoms with van der Waals surface area (Å²) in [6.07, 6.45) is 7.27. The molecule has 4 nitrogen and oxygen atoms in total. The number of hydrogen-bond donors (Lipinski definition) is 1. The largest absolute Gasteiger partial charge is 0.346 e. The summed E-state index contributed by atoms with van der Waals surface area (Å²) >= 11 is 0. The number of aromatic nitrogens is 1. The van der Waals surface area contributed by atoms with Crippen LogP contribution in [-0.2, 0) is 4.79 Å². The summed E-state index contributed by atoms with van der Waals surface area (Å²) in [6.45, 7) is 1.87. The number of nitrogens with one attached hydrogen (secondary N) is 1. The third-order valence-corrected chi connectivity index (χ3v) is 4.23. The van der Waals surface area contributed by atoms with Gasteiger partial charge in [-0.1, -0.05) is 25.3 Å². The Kier molecular flexibility index (Phi) is 3.78. The van der Waals surface area contributed by atoms with Crippen LogP contribution in [0.1, 0.15) is 48.2 Å². The Labute approximate surface area is 124 Å². The first-order chi connectivity index (χ1) is 10.2. The minimum absolute atomic E-state index is 0.154. The lowest BCUT2D eigenvalue weighted by Gasteiger charge is -2.22. The maximum atomic E-state index is 12.5. The summed E-state index contributed by atoms with van der Waals surface area (Å²) in [6, 6.07) is 7.80. The van der Waals surface area contributed by atoms with Gasteiger partial charge in [-0.2, -0.15) is 0 Å². The van der Waals surface area contributed by atoms with Crippen LogP contribution in [-0.4, -0.2) is 22.1 Å². The Hall–Kier alpha value is -2.10. The van der Waals surface area contributed by atoms with Crippen LogP contribution >= 0.6 is 0 Å². The molecule has 4 heteroatoms. The van der Waals surface area contributed by atoms with Gasteiger partial charge in [0.15, 0.2) is 0 Å². The first-order valence-corrected chi connectivity index (χ1v) is 7.58. The van der Waals surface area contributed by atoms with Crippen molar-refractivity contribution in [3.05, 3.63) is 41.7 Å². The molecule has 1 aliphatic rings. The smallest absolute Gasteiger partial charge is 0.294 e. The maximum absolute atomic E-state index is 12.5. The summed E-state index contributed by atoms with van der Waals surface area (Å²) < 4.78 is 1.79. The maximum Gasteiger partial charge on any atom is 0.294 e. The van der Waals surface area contributed by atoms with E-state index >= 15 is 0 Å². The van der Waals surface area contributed by atoms with Crippen molar-refractivity contribution in [3.8, 4) is 0 Å². The van der Waals surface area contributed by atoms with Crippen molar-refractivity contribution in [1.29, 1.82) is 0 Å². The zero-order valence-electron chi connectivity index (χ0n) is 12.3. The number of hydrogen-bond acceptors (Lipinski definition) is 2. The molecule has 1 aliphatic carbocycles. The average molecular weight is 284 g/mol. The monoisotopic (exact) mass is 284 g/mol. The zero-order chi connectivity index (χ0) is 14.8. The van der Waals surface area contributed by atoms with Crippen molar-refractivity contribution in [2.24, 2.45) is 0 Å². The highest BCUT2D eigenvalue weighted by Gasteiger charge is 2.25. The Morgan fingerprint density at radius 2 is 1.95 bits per heavy atom. The van der Waals surface area contributed by atoms with Gasteiger partial charge in [-0.05, 0) is 43.5 Å². The van der Waals surface area contributed by atoms with E-state index in [9.17, 15) is 9.59 Å². The molecule has 3 rings (SSSR count). The van der Waals surface area contributed by atoms with Gasteiger partial charge >= 0.3 is 0 Å². The van der Waals surface area contributed by atoms with E-state index in [-0.39, 0.29) is 6.04 Å². The van der Waals surface area contributed by atoms with E-state index in [1.807, 2.05) is 37.4 Å². The highest BCUT2D eigenvalue weighted by atomic mass is 16.2. The molecule has 2 aromatic rings. The van der Waals surface area contributed by atoms with Crippen LogP contribution < -0.4 is 5.32 Å². The van der Waals surface area contributed by atoms with Crippen molar-refractivity contribution in [2.45, 2.75) is 45.1 Å². The minimum Gasteiger partial charge on any atom is -0.346 e. The van der Waals surface area contributed by atoms with Gasteiger partial charge in [0.05, 0.1) is 0 Å². The molecule has 1 amide bonds. The molecule has 1 N–H and O–H groups in total. The minimum atomic E-state index is -0.478. The Morgan fingerprint density at radius 3 is 2.71 bits per heavy atom. The van der Waals surface area contributed by atoms with Gasteiger partial charge in [0.25, 0.3) is 11.7 Å². The molecule has 1 fully saturated rings. The number of amides is 1. The Balaban J connectivity index is 1.82. The molecule has 0 atom stereocenters. The molecule has 0 saturated heterocycles. The van der Waals surface area contributed by atoms with Crippen LogP contribution in [0.2, 0.25) is 0 Å². The number of aryl methyl sites for hydroxylation is 1. The predicted molar refractivity (Wildman–Crippen MR) is 81.5 cm³/mol. The van der Waals surface area contributed by atoms with Crippen molar-refractivity contribution >= 4 is 17.2 Å². The molecule has 110 valence electrons. The van der Waals surface area contributed by atoms with Gasteiger partial charge in [-0.15, -0.1) is 0 Å². The van der Waals surface area contributed by atoms with Crippen LogP contribution in [0, 0.1) is 6.92 Å². The fourth-order valence-electron chi connectivity index (χ4n) is 3.15. The molecule has 2 heterocycles. The zero-order valence-corrected chi connectivity index (χ0v) is 12.3. The molecule has 1 saturated carbocycles. The van der Waals surface area contributed by atoms with E-state index in [1.54, 1.807) is 4.40 Å². The standard InChI is InChI=1S/C17H20N2O2/c1-12-11-14-9-5-6-10-19(14)15(12)16(20)17(21)18-13-7-3-2-4-8-13/h5-6,9-11,13H,2-4,7-8H2,1H3,(H,18,21). The Morgan fingerprint density at radius 1 is 1.19 bits per heavy atom. The van der Waals surface area contributed by atoms with Crippen molar-refractivity contribution in [1.82, 2.24) is 9.72 Å². The average Bonchev–Trinajstić information content (AvgIpc) is 2.83. The summed E-state index contributed by atoms with van der Waals surface area (Å²) in [5.41, 5.74) is 2.24. The molecule has 0 aromatic carbocycles. The number of pyridine rings is 1. The van der Waals surface area contributed by atoms with Gasteiger partial charge in [0, 0.05) is 17.8 Å². The van der Waals surface area contributed by atoms with Crippen molar-refractivity contribution in [3.63, 3.8) is 0 Å². The fourth-order valence-corrected chi connectivity index (χ4v) is 3.15. The molecule has 0 spiro atoms. The predicted octanol–water partition coefficient (Wildman–Crippen LogP) is 2.88. The Bertz CT molecular complexity index is 681. The van der Waals surface area contributed by atoms with Crippen LogP contribution in [0.15, 0.2) is 30.5 Å². The van der Waals surface area contributed by atoms with Crippen LogP contribution in [0.5, 0.6) is 0 Å². The van der Waals surface area contributed by atoms with Crippen LogP contribution in [0.4, 0.5) is 0 Å². The summed E-state index contributed by atoms with van der Waals surface area (Å²) in [4.78, 5) is 24.7. The number of ketones is 1. The molecule has 0 aliphatic heterocycles. The third kappa shape index (κ3) is 2.71. The molecule has 0 radical (unpaired) electrons. The number of rotatable bonds is 3. The number of fused-ring (bicyclic) bond motifs is 1. The highest BCUT2D eigenvalue weighted by molar-refractivity contribution is 6.42. The second-order valence-electron chi connectivity index (χ2n) is 5.81. The second-order valence-corrected chi connectivity index (χ2v) is 5.81. The first-order valence-electron chi connectivity index (χ1n) is 7.58. The van der Waals surface area contributed by atoms with Gasteiger partial charge in [0.1, 0.15) is 5.69 Å². The lowest BCUT2D eigenvalue weighted by molar-refractivity contribution is -0.117. The van der Waals surface area contributed by atoms with Gasteiger partial charge in [0.2, 0.25) is 0 Å². The normalized spacial score (nSPS) is 16.0. The highest BCUT2D eigenvalue weighted by Crippen LogP contribution is 2.19. The van der Waals surface area contributed by atoms with E-state index < -0.39 is 11.7 Å². The van der Waals surface area contributed by atoms with E-state index in [0.717, 1.165) is 36.8 Å².